The SMILES string of the molecule is CC(C)(C)OC(=O)N1CCCC1(CC(=O)c1ccc2c(c1)COc1cc(Br)ccc1-2)C(=O)O. The third-order valence-corrected chi connectivity index (χ3v) is 6.49. The highest BCUT2D eigenvalue weighted by Gasteiger charge is 2.52. The minimum atomic E-state index is -1.62. The van der Waals surface area contributed by atoms with E-state index < -0.39 is 23.2 Å². The van der Waals surface area contributed by atoms with Crippen LogP contribution in [0, 0.1) is 0 Å². The van der Waals surface area contributed by atoms with Gasteiger partial charge in [-0.05, 0) is 69.0 Å². The number of likely N-dealkylation sites (tertiary alicyclic amines) is 1. The molecule has 0 aliphatic carbocycles. The van der Waals surface area contributed by atoms with Crippen molar-refractivity contribution in [3.63, 3.8) is 0 Å². The Morgan fingerprint density at radius 3 is 2.58 bits per heavy atom. The van der Waals surface area contributed by atoms with Crippen molar-refractivity contribution in [1.82, 2.24) is 4.90 Å². The molecule has 1 amide bonds. The van der Waals surface area contributed by atoms with Crippen LogP contribution < -0.4 is 4.74 Å². The third kappa shape index (κ3) is 4.49. The second-order valence-electron chi connectivity index (χ2n) is 9.47. The molecule has 0 bridgehead atoms. The standard InChI is InChI=1S/C25H26BrNO6/c1-24(2,3)33-23(31)27-10-4-9-25(27,22(29)30)13-20(28)15-5-7-18-16(11-15)14-32-21-12-17(26)6-8-19(18)21/h5-8,11-12H,4,9-10,13-14H2,1-3H3,(H,29,30). The van der Waals surface area contributed by atoms with Gasteiger partial charge in [-0.2, -0.15) is 0 Å². The number of Topliss-reactive ketones (excluding diaryl/α,β-unsaturated/α-hetero) is 1. The molecule has 0 saturated carbocycles. The van der Waals surface area contributed by atoms with Gasteiger partial charge < -0.3 is 14.6 Å². The van der Waals surface area contributed by atoms with Crippen LogP contribution in [0.25, 0.3) is 11.1 Å². The second-order valence-corrected chi connectivity index (χ2v) is 10.4. The molecule has 174 valence electrons. The topological polar surface area (TPSA) is 93.1 Å². The zero-order valence-electron chi connectivity index (χ0n) is 18.8. The maximum absolute atomic E-state index is 13.3. The number of benzene rings is 2. The highest BCUT2D eigenvalue weighted by Crippen LogP contribution is 2.40. The number of carbonyl (C=O) groups is 3. The number of amides is 1. The molecule has 2 aromatic carbocycles. The van der Waals surface area contributed by atoms with Gasteiger partial charge in [-0.1, -0.05) is 28.1 Å². The normalized spacial score (nSPS) is 19.3. The highest BCUT2D eigenvalue weighted by atomic mass is 79.9. The highest BCUT2D eigenvalue weighted by molar-refractivity contribution is 9.10. The van der Waals surface area contributed by atoms with E-state index in [1.807, 2.05) is 24.3 Å². The second kappa shape index (κ2) is 8.48. The van der Waals surface area contributed by atoms with Crippen molar-refractivity contribution < 1.29 is 29.0 Å². The van der Waals surface area contributed by atoms with Gasteiger partial charge in [0.1, 0.15) is 18.0 Å². The maximum atomic E-state index is 13.3. The summed E-state index contributed by atoms with van der Waals surface area (Å²) in [4.78, 5) is 39.5. The van der Waals surface area contributed by atoms with Crippen LogP contribution in [-0.4, -0.2) is 45.5 Å². The van der Waals surface area contributed by atoms with Crippen molar-refractivity contribution in [1.29, 1.82) is 0 Å². The van der Waals surface area contributed by atoms with Gasteiger partial charge in [-0.3, -0.25) is 9.69 Å². The molecule has 2 aliphatic heterocycles. The number of nitrogens with zero attached hydrogens (tertiary/aromatic N) is 1. The van der Waals surface area contributed by atoms with Crippen molar-refractivity contribution in [2.45, 2.75) is 57.8 Å². The number of carbonyl (C=O) groups excluding carboxylic acids is 2. The summed E-state index contributed by atoms with van der Waals surface area (Å²) < 4.78 is 12.2. The summed E-state index contributed by atoms with van der Waals surface area (Å²) in [6.07, 6.45) is -0.339. The van der Waals surface area contributed by atoms with Gasteiger partial charge in [-0.15, -0.1) is 0 Å². The van der Waals surface area contributed by atoms with Crippen LogP contribution in [0.5, 0.6) is 5.75 Å². The Labute approximate surface area is 200 Å². The van der Waals surface area contributed by atoms with E-state index in [-0.39, 0.29) is 25.2 Å². The number of carboxylic acid groups (broad SMARTS) is 1. The Balaban J connectivity index is 1.61. The Morgan fingerprint density at radius 2 is 1.88 bits per heavy atom. The molecule has 8 heteroatoms. The van der Waals surface area contributed by atoms with E-state index in [2.05, 4.69) is 15.9 Å². The van der Waals surface area contributed by atoms with Crippen molar-refractivity contribution >= 4 is 33.8 Å². The Hall–Kier alpha value is -2.87. The molecule has 1 unspecified atom stereocenters. The fraction of sp³-hybridized carbons (Fsp3) is 0.400. The summed E-state index contributed by atoms with van der Waals surface area (Å²) in [7, 11) is 0. The molecule has 2 aromatic rings. The lowest BCUT2D eigenvalue weighted by molar-refractivity contribution is -0.149. The van der Waals surface area contributed by atoms with Crippen molar-refractivity contribution in [2.24, 2.45) is 0 Å². The zero-order chi connectivity index (χ0) is 24.0. The average molecular weight is 516 g/mol. The monoisotopic (exact) mass is 515 g/mol. The molecular weight excluding hydrogens is 490 g/mol. The van der Waals surface area contributed by atoms with Crippen LogP contribution in [0.15, 0.2) is 40.9 Å². The number of aliphatic carboxylic acids is 1. The summed E-state index contributed by atoms with van der Waals surface area (Å²) in [5.41, 5.74) is 0.782. The first-order chi connectivity index (χ1) is 15.5. The molecular formula is C25H26BrNO6. The number of hydrogen-bond acceptors (Lipinski definition) is 5. The summed E-state index contributed by atoms with van der Waals surface area (Å²) in [6.45, 7) is 5.72. The first-order valence-electron chi connectivity index (χ1n) is 10.8. The van der Waals surface area contributed by atoms with Gasteiger partial charge in [0.25, 0.3) is 0 Å². The Kier molecular flexibility index (Phi) is 5.99. The molecule has 1 atom stereocenters. The van der Waals surface area contributed by atoms with Gasteiger partial charge in [0, 0.05) is 28.6 Å². The van der Waals surface area contributed by atoms with Crippen LogP contribution in [0.4, 0.5) is 4.79 Å². The molecule has 0 aromatic heterocycles. The van der Waals surface area contributed by atoms with Crippen LogP contribution in [0.1, 0.15) is 56.0 Å². The first kappa shape index (κ1) is 23.3. The smallest absolute Gasteiger partial charge is 0.411 e. The number of carboxylic acids is 1. The minimum Gasteiger partial charge on any atom is -0.488 e. The number of halogens is 1. The largest absolute Gasteiger partial charge is 0.488 e. The number of ketones is 1. The average Bonchev–Trinajstić information content (AvgIpc) is 3.17. The van der Waals surface area contributed by atoms with E-state index in [0.29, 0.717) is 18.6 Å². The lowest BCUT2D eigenvalue weighted by Gasteiger charge is -2.35. The van der Waals surface area contributed by atoms with Gasteiger partial charge in [0.05, 0.1) is 0 Å². The Bertz CT molecular complexity index is 1140. The molecule has 1 fully saturated rings. The van der Waals surface area contributed by atoms with E-state index in [1.54, 1.807) is 32.9 Å². The molecule has 4 rings (SSSR count). The predicted molar refractivity (Wildman–Crippen MR) is 125 cm³/mol. The molecule has 0 spiro atoms. The van der Waals surface area contributed by atoms with E-state index in [1.165, 1.54) is 4.90 Å². The molecule has 7 nitrogen and oxygen atoms in total. The maximum Gasteiger partial charge on any atom is 0.411 e. The fourth-order valence-corrected chi connectivity index (χ4v) is 4.79. The van der Waals surface area contributed by atoms with Gasteiger partial charge >= 0.3 is 12.1 Å². The van der Waals surface area contributed by atoms with Gasteiger partial charge in [0.2, 0.25) is 0 Å². The molecule has 1 saturated heterocycles. The van der Waals surface area contributed by atoms with E-state index >= 15 is 0 Å². The summed E-state index contributed by atoms with van der Waals surface area (Å²) >= 11 is 3.44. The van der Waals surface area contributed by atoms with E-state index in [4.69, 9.17) is 9.47 Å². The van der Waals surface area contributed by atoms with Crippen molar-refractivity contribution in [2.75, 3.05) is 6.54 Å². The molecule has 0 radical (unpaired) electrons. The number of hydrogen-bond donors (Lipinski definition) is 1. The quantitative estimate of drug-likeness (QED) is 0.545. The van der Waals surface area contributed by atoms with E-state index in [9.17, 15) is 19.5 Å². The predicted octanol–water partition coefficient (Wildman–Crippen LogP) is 5.44. The zero-order valence-corrected chi connectivity index (χ0v) is 20.4. The van der Waals surface area contributed by atoms with Gasteiger partial charge in [-0.25, -0.2) is 9.59 Å². The van der Waals surface area contributed by atoms with Gasteiger partial charge in [0.15, 0.2) is 11.3 Å². The third-order valence-electron chi connectivity index (χ3n) is 6.00. The fourth-order valence-electron chi connectivity index (χ4n) is 4.45. The molecule has 1 N–H and O–H groups in total. The minimum absolute atomic E-state index is 0.198. The molecule has 33 heavy (non-hydrogen) atoms. The van der Waals surface area contributed by atoms with Crippen LogP contribution in [-0.2, 0) is 16.1 Å². The van der Waals surface area contributed by atoms with E-state index in [0.717, 1.165) is 26.9 Å². The van der Waals surface area contributed by atoms with Crippen molar-refractivity contribution in [3.8, 4) is 16.9 Å². The summed E-state index contributed by atoms with van der Waals surface area (Å²) in [5, 5.41) is 10.1. The summed E-state index contributed by atoms with van der Waals surface area (Å²) in [5.74, 6) is -0.767. The van der Waals surface area contributed by atoms with Crippen LogP contribution >= 0.6 is 15.9 Å². The Morgan fingerprint density at radius 1 is 1.15 bits per heavy atom. The molecule has 2 heterocycles. The lowest BCUT2D eigenvalue weighted by Crippen LogP contribution is -2.55. The van der Waals surface area contributed by atoms with Crippen molar-refractivity contribution in [3.05, 3.63) is 52.0 Å². The molecule has 2 aliphatic rings. The first-order valence-corrected chi connectivity index (χ1v) is 11.6. The van der Waals surface area contributed by atoms with Crippen LogP contribution in [0.2, 0.25) is 0 Å². The number of rotatable bonds is 4. The number of fused-ring (bicyclic) bond motifs is 3. The number of ether oxygens (including phenoxy) is 2. The summed E-state index contributed by atoms with van der Waals surface area (Å²) in [6, 6.07) is 11.1. The lowest BCUT2D eigenvalue weighted by atomic mass is 9.86. The van der Waals surface area contributed by atoms with Crippen LogP contribution in [0.3, 0.4) is 0 Å².